The number of nitrogens with two attached hydrogens (primary N) is 1. The fourth-order valence-corrected chi connectivity index (χ4v) is 3.99. The Balaban J connectivity index is 1.98. The van der Waals surface area contributed by atoms with Gasteiger partial charge in [-0.1, -0.05) is 18.7 Å². The van der Waals surface area contributed by atoms with Crippen molar-refractivity contribution in [2.24, 2.45) is 5.73 Å². The Labute approximate surface area is 226 Å². The van der Waals surface area contributed by atoms with Gasteiger partial charge in [0, 0.05) is 18.0 Å². The van der Waals surface area contributed by atoms with Crippen LogP contribution in [0, 0.1) is 0 Å². The van der Waals surface area contributed by atoms with Crippen molar-refractivity contribution < 1.29 is 27.8 Å². The van der Waals surface area contributed by atoms with Crippen LogP contribution in [0.3, 0.4) is 0 Å². The number of pyridine rings is 2. The zero-order chi connectivity index (χ0) is 28.1. The summed E-state index contributed by atoms with van der Waals surface area (Å²) in [5, 5.41) is 0. The number of rotatable bonds is 10. The first-order valence-corrected chi connectivity index (χ1v) is 12.4. The number of nitrogens with zero attached hydrogens (tertiary/aromatic N) is 5. The second kappa shape index (κ2) is 11.7. The number of ether oxygens (including phenoxy) is 3. The van der Waals surface area contributed by atoms with E-state index in [-0.39, 0.29) is 40.5 Å². The molecule has 4 aromatic rings. The Morgan fingerprint density at radius 1 is 1.05 bits per heavy atom. The average molecular weight is 549 g/mol. The molecular weight excluding hydrogens is 524 g/mol. The second-order valence-corrected chi connectivity index (χ2v) is 8.79. The fourth-order valence-electron chi connectivity index (χ4n) is 3.45. The van der Waals surface area contributed by atoms with Crippen LogP contribution in [0.25, 0.3) is 17.0 Å². The molecule has 0 saturated heterocycles. The fraction of sp³-hybridized carbons (Fsp3) is 0.115. The van der Waals surface area contributed by atoms with Crippen molar-refractivity contribution in [1.82, 2.24) is 19.9 Å². The molecule has 1 amide bonds. The first kappa shape index (κ1) is 27.2. The standard InChI is InChI=1S/C26H24N6O6S/c1-15(2)17-9-10-21(29-14-17)32(39(34)35)25-22(38-20-8-6-5-7-19(20)36-3)26(37-4)31-24(30-25)16-11-12-28-18(13-16)23(27)33/h5-14H,1H2,2-4H3,(H2,27,33)(H,34,35). The maximum atomic E-state index is 12.8. The summed E-state index contributed by atoms with van der Waals surface area (Å²) in [5.41, 5.74) is 7.21. The van der Waals surface area contributed by atoms with Crippen LogP contribution < -0.4 is 24.2 Å². The summed E-state index contributed by atoms with van der Waals surface area (Å²) in [7, 11) is 2.83. The molecule has 0 aliphatic heterocycles. The number of methoxy groups -OCH3 is 2. The number of aromatic nitrogens is 4. The van der Waals surface area contributed by atoms with Crippen molar-refractivity contribution in [3.8, 4) is 34.5 Å². The monoisotopic (exact) mass is 548 g/mol. The number of para-hydroxylation sites is 2. The third-order valence-corrected chi connectivity index (χ3v) is 6.03. The number of benzene rings is 1. The molecule has 4 rings (SSSR count). The van der Waals surface area contributed by atoms with E-state index in [0.717, 1.165) is 15.4 Å². The molecule has 0 bridgehead atoms. The summed E-state index contributed by atoms with van der Waals surface area (Å²) in [6, 6.07) is 13.0. The quantitative estimate of drug-likeness (QED) is 0.275. The Bertz CT molecular complexity index is 1560. The molecule has 1 aromatic carbocycles. The van der Waals surface area contributed by atoms with Crippen molar-refractivity contribution in [3.63, 3.8) is 0 Å². The minimum Gasteiger partial charge on any atom is -0.493 e. The van der Waals surface area contributed by atoms with Gasteiger partial charge in [0.25, 0.3) is 23.1 Å². The Morgan fingerprint density at radius 3 is 2.38 bits per heavy atom. The van der Waals surface area contributed by atoms with Gasteiger partial charge in [0.1, 0.15) is 11.5 Å². The van der Waals surface area contributed by atoms with Gasteiger partial charge in [-0.3, -0.25) is 14.3 Å². The first-order valence-electron chi connectivity index (χ1n) is 11.3. The first-order chi connectivity index (χ1) is 18.7. The minimum atomic E-state index is -2.68. The van der Waals surface area contributed by atoms with E-state index in [1.807, 2.05) is 6.92 Å². The van der Waals surface area contributed by atoms with Crippen LogP contribution >= 0.6 is 0 Å². The van der Waals surface area contributed by atoms with Gasteiger partial charge in [-0.25, -0.2) is 14.2 Å². The maximum Gasteiger partial charge on any atom is 0.269 e. The lowest BCUT2D eigenvalue weighted by Crippen LogP contribution is -2.23. The van der Waals surface area contributed by atoms with Gasteiger partial charge in [0.15, 0.2) is 23.1 Å². The van der Waals surface area contributed by atoms with Gasteiger partial charge in [0.05, 0.1) is 14.2 Å². The van der Waals surface area contributed by atoms with E-state index in [4.69, 9.17) is 19.9 Å². The molecule has 200 valence electrons. The molecule has 12 nitrogen and oxygen atoms in total. The summed E-state index contributed by atoms with van der Waals surface area (Å²) in [4.78, 5) is 29.0. The third-order valence-electron chi connectivity index (χ3n) is 5.36. The predicted octanol–water partition coefficient (Wildman–Crippen LogP) is 4.15. The van der Waals surface area contributed by atoms with Gasteiger partial charge >= 0.3 is 0 Å². The summed E-state index contributed by atoms with van der Waals surface area (Å²) in [6.07, 6.45) is 2.88. The number of hydrogen-bond donors (Lipinski definition) is 2. The largest absolute Gasteiger partial charge is 0.493 e. The Kier molecular flexibility index (Phi) is 8.13. The number of primary amides is 1. The van der Waals surface area contributed by atoms with Gasteiger partial charge in [-0.2, -0.15) is 9.29 Å². The lowest BCUT2D eigenvalue weighted by atomic mass is 10.1. The van der Waals surface area contributed by atoms with Crippen LogP contribution in [0.1, 0.15) is 23.0 Å². The number of carbonyl (C=O) groups is 1. The molecule has 3 heterocycles. The normalized spacial score (nSPS) is 11.4. The van der Waals surface area contributed by atoms with Crippen LogP contribution in [0.5, 0.6) is 23.1 Å². The second-order valence-electron chi connectivity index (χ2n) is 7.97. The lowest BCUT2D eigenvalue weighted by Gasteiger charge is -2.23. The van der Waals surface area contributed by atoms with Crippen LogP contribution in [0.15, 0.2) is 67.5 Å². The molecule has 1 atom stereocenters. The molecule has 0 aliphatic carbocycles. The number of anilines is 2. The van der Waals surface area contributed by atoms with E-state index in [1.54, 1.807) is 36.4 Å². The average Bonchev–Trinajstić information content (AvgIpc) is 2.94. The molecule has 0 spiro atoms. The minimum absolute atomic E-state index is 0.0226. The molecule has 39 heavy (non-hydrogen) atoms. The smallest absolute Gasteiger partial charge is 0.269 e. The lowest BCUT2D eigenvalue weighted by molar-refractivity contribution is 0.0995. The van der Waals surface area contributed by atoms with Crippen LogP contribution in [0.4, 0.5) is 11.6 Å². The van der Waals surface area contributed by atoms with Crippen LogP contribution in [-0.2, 0) is 11.3 Å². The number of amides is 1. The molecule has 1 unspecified atom stereocenters. The highest BCUT2D eigenvalue weighted by atomic mass is 32.2. The highest BCUT2D eigenvalue weighted by Crippen LogP contribution is 2.44. The van der Waals surface area contributed by atoms with E-state index in [9.17, 15) is 13.6 Å². The van der Waals surface area contributed by atoms with Gasteiger partial charge in [-0.05, 0) is 54.5 Å². The number of carbonyl (C=O) groups excluding carboxylic acids is 1. The van der Waals surface area contributed by atoms with E-state index >= 15 is 0 Å². The molecular formula is C26H24N6O6S. The summed E-state index contributed by atoms with van der Waals surface area (Å²) in [6.45, 7) is 5.70. The SMILES string of the molecule is C=C(C)c1ccc(N(c2nc(-c3ccnc(C(N)=O)c3)nc(OC)c2Oc2ccccc2OC)S(=O)O)nc1. The highest BCUT2D eigenvalue weighted by Gasteiger charge is 2.29. The summed E-state index contributed by atoms with van der Waals surface area (Å²) < 4.78 is 41.2. The van der Waals surface area contributed by atoms with Gasteiger partial charge in [0.2, 0.25) is 5.75 Å². The van der Waals surface area contributed by atoms with E-state index < -0.39 is 17.2 Å². The van der Waals surface area contributed by atoms with Gasteiger partial charge in [-0.15, -0.1) is 0 Å². The summed E-state index contributed by atoms with van der Waals surface area (Å²) >= 11 is -2.68. The number of hydrogen-bond acceptors (Lipinski definition) is 9. The number of allylic oxidation sites excluding steroid dienone is 1. The molecule has 0 fully saturated rings. The predicted molar refractivity (Wildman–Crippen MR) is 145 cm³/mol. The van der Waals surface area contributed by atoms with Crippen molar-refractivity contribution in [1.29, 1.82) is 0 Å². The molecule has 13 heteroatoms. The maximum absolute atomic E-state index is 12.8. The van der Waals surface area contributed by atoms with Crippen molar-refractivity contribution in [2.45, 2.75) is 6.92 Å². The molecule has 0 saturated carbocycles. The van der Waals surface area contributed by atoms with Crippen molar-refractivity contribution in [3.05, 3.63) is 78.8 Å². The van der Waals surface area contributed by atoms with E-state index in [0.29, 0.717) is 11.3 Å². The molecule has 3 N–H and O–H groups in total. The third kappa shape index (κ3) is 5.84. The zero-order valence-electron chi connectivity index (χ0n) is 21.2. The topological polar surface area (TPSA) is 163 Å². The van der Waals surface area contributed by atoms with Crippen LogP contribution in [-0.4, -0.2) is 48.8 Å². The summed E-state index contributed by atoms with van der Waals surface area (Å²) in [5.74, 6) is -0.314. The van der Waals surface area contributed by atoms with Crippen molar-refractivity contribution >= 4 is 34.4 Å². The molecule has 3 aromatic heterocycles. The van der Waals surface area contributed by atoms with Crippen LogP contribution in [0.2, 0.25) is 0 Å². The zero-order valence-corrected chi connectivity index (χ0v) is 22.0. The Morgan fingerprint density at radius 2 is 1.79 bits per heavy atom. The Hall–Kier alpha value is -4.88. The van der Waals surface area contributed by atoms with E-state index in [1.165, 1.54) is 38.7 Å². The molecule has 0 radical (unpaired) electrons. The van der Waals surface area contributed by atoms with Crippen molar-refractivity contribution in [2.75, 3.05) is 18.5 Å². The molecule has 0 aliphatic rings. The highest BCUT2D eigenvalue weighted by molar-refractivity contribution is 7.81. The van der Waals surface area contributed by atoms with E-state index in [2.05, 4.69) is 26.5 Å². The van der Waals surface area contributed by atoms with Gasteiger partial charge < -0.3 is 19.9 Å².